The van der Waals surface area contributed by atoms with Gasteiger partial charge in [-0.2, -0.15) is 0 Å². The molecule has 10 heteroatoms. The topological polar surface area (TPSA) is 107 Å². The molecule has 0 aliphatic carbocycles. The van der Waals surface area contributed by atoms with Crippen LogP contribution in [0, 0.1) is 24.0 Å². The molecule has 1 aromatic heterocycles. The van der Waals surface area contributed by atoms with Crippen LogP contribution < -0.4 is 10.1 Å². The van der Waals surface area contributed by atoms with E-state index in [0.29, 0.717) is 17.0 Å². The zero-order valence-corrected chi connectivity index (χ0v) is 20.3. The number of hydrogen-bond acceptors (Lipinski definition) is 5. The Bertz CT molecular complexity index is 1340. The summed E-state index contributed by atoms with van der Waals surface area (Å²) in [6.45, 7) is 3.83. The fourth-order valence-corrected chi connectivity index (χ4v) is 4.18. The average molecular weight is 525 g/mol. The molecule has 3 aromatic rings. The number of carbonyl (C=O) groups excluding carboxylic acids is 2. The summed E-state index contributed by atoms with van der Waals surface area (Å²) >= 11 is 3.37. The van der Waals surface area contributed by atoms with E-state index in [1.54, 1.807) is 12.1 Å². The van der Waals surface area contributed by atoms with Crippen molar-refractivity contribution >= 4 is 39.6 Å². The first-order valence-corrected chi connectivity index (χ1v) is 11.1. The molecule has 174 valence electrons. The van der Waals surface area contributed by atoms with Crippen molar-refractivity contribution in [3.63, 3.8) is 0 Å². The number of aryl methyl sites for hydroxylation is 1. The summed E-state index contributed by atoms with van der Waals surface area (Å²) in [7, 11) is 1.49. The Balaban J connectivity index is 1.68. The lowest BCUT2D eigenvalue weighted by molar-refractivity contribution is -0.384. The number of nitrogens with one attached hydrogen (secondary N) is 1. The van der Waals surface area contributed by atoms with Crippen molar-refractivity contribution in [2.75, 3.05) is 7.11 Å². The Morgan fingerprint density at radius 1 is 1.12 bits per heavy atom. The van der Waals surface area contributed by atoms with E-state index in [2.05, 4.69) is 21.2 Å². The Labute approximate surface area is 203 Å². The van der Waals surface area contributed by atoms with Crippen LogP contribution in [0.1, 0.15) is 22.5 Å². The number of carbonyl (C=O) groups is 2. The van der Waals surface area contributed by atoms with Crippen LogP contribution in [0.15, 0.2) is 58.7 Å². The SMILES string of the molecule is COc1ccc([N+](=O)[O-])cc1-n1c(C)cc(/C=C2/NC(=O)N(Cc3ccc(Br)cc3)C2=O)c1C. The van der Waals surface area contributed by atoms with Crippen LogP contribution in [0.25, 0.3) is 11.8 Å². The number of aromatic nitrogens is 1. The molecule has 1 aliphatic heterocycles. The van der Waals surface area contributed by atoms with Crippen molar-refractivity contribution in [2.45, 2.75) is 20.4 Å². The van der Waals surface area contributed by atoms with Gasteiger partial charge in [-0.15, -0.1) is 0 Å². The number of nitro groups is 1. The zero-order valence-electron chi connectivity index (χ0n) is 18.7. The molecule has 34 heavy (non-hydrogen) atoms. The maximum Gasteiger partial charge on any atom is 0.329 e. The molecule has 0 unspecified atom stereocenters. The highest BCUT2D eigenvalue weighted by atomic mass is 79.9. The Hall–Kier alpha value is -3.92. The van der Waals surface area contributed by atoms with Crippen molar-refractivity contribution < 1.29 is 19.2 Å². The zero-order chi connectivity index (χ0) is 24.6. The molecule has 0 bridgehead atoms. The maximum atomic E-state index is 12.9. The minimum absolute atomic E-state index is 0.0648. The van der Waals surface area contributed by atoms with Gasteiger partial charge in [-0.25, -0.2) is 4.79 Å². The highest BCUT2D eigenvalue weighted by molar-refractivity contribution is 9.10. The van der Waals surface area contributed by atoms with Gasteiger partial charge in [0.25, 0.3) is 11.6 Å². The Kier molecular flexibility index (Phi) is 6.25. The fraction of sp³-hybridized carbons (Fsp3) is 0.167. The standard InChI is InChI=1S/C24H21BrN4O5/c1-14-10-17(15(2)28(14)21-12-19(29(32)33)8-9-22(21)34-3)11-20-23(30)27(24(31)26-20)13-16-4-6-18(25)7-5-16/h4-12H,13H2,1-3H3,(H,26,31)/b20-11+. The summed E-state index contributed by atoms with van der Waals surface area (Å²) < 4.78 is 8.14. The molecule has 0 atom stereocenters. The molecule has 1 aliphatic rings. The first-order valence-electron chi connectivity index (χ1n) is 10.3. The second-order valence-electron chi connectivity index (χ2n) is 7.78. The number of methoxy groups -OCH3 is 1. The van der Waals surface area contributed by atoms with Gasteiger partial charge in [0.1, 0.15) is 11.4 Å². The third-order valence-corrected chi connectivity index (χ3v) is 6.13. The quantitative estimate of drug-likeness (QED) is 0.214. The van der Waals surface area contributed by atoms with Crippen LogP contribution in [0.4, 0.5) is 10.5 Å². The van der Waals surface area contributed by atoms with Crippen LogP contribution >= 0.6 is 15.9 Å². The van der Waals surface area contributed by atoms with Gasteiger partial charge >= 0.3 is 6.03 Å². The summed E-state index contributed by atoms with van der Waals surface area (Å²) in [5, 5.41) is 13.9. The number of halogens is 1. The van der Waals surface area contributed by atoms with Crippen molar-refractivity contribution in [1.82, 2.24) is 14.8 Å². The number of nitrogens with zero attached hydrogens (tertiary/aromatic N) is 3. The number of rotatable bonds is 6. The number of hydrogen-bond donors (Lipinski definition) is 1. The number of benzene rings is 2. The Morgan fingerprint density at radius 2 is 1.82 bits per heavy atom. The molecule has 0 saturated carbocycles. The molecule has 9 nitrogen and oxygen atoms in total. The predicted octanol–water partition coefficient (Wildman–Crippen LogP) is 4.87. The average Bonchev–Trinajstić information content (AvgIpc) is 3.23. The highest BCUT2D eigenvalue weighted by Gasteiger charge is 2.33. The predicted molar refractivity (Wildman–Crippen MR) is 130 cm³/mol. The summed E-state index contributed by atoms with van der Waals surface area (Å²) in [4.78, 5) is 37.4. The van der Waals surface area contributed by atoms with Gasteiger partial charge in [-0.1, -0.05) is 28.1 Å². The van der Waals surface area contributed by atoms with Crippen LogP contribution in [0.2, 0.25) is 0 Å². The summed E-state index contributed by atoms with van der Waals surface area (Å²) in [6, 6.07) is 13.1. The third kappa shape index (κ3) is 4.32. The molecule has 1 fully saturated rings. The van der Waals surface area contributed by atoms with Crippen LogP contribution in [-0.4, -0.2) is 33.4 Å². The minimum Gasteiger partial charge on any atom is -0.495 e. The maximum absolute atomic E-state index is 12.9. The van der Waals surface area contributed by atoms with Crippen LogP contribution in [0.5, 0.6) is 5.75 Å². The molecule has 4 rings (SSSR count). The van der Waals surface area contributed by atoms with Gasteiger partial charge in [0.05, 0.1) is 24.3 Å². The van der Waals surface area contributed by atoms with E-state index in [4.69, 9.17) is 4.74 Å². The van der Waals surface area contributed by atoms with Crippen molar-refractivity contribution in [3.8, 4) is 11.4 Å². The summed E-state index contributed by atoms with van der Waals surface area (Å²) in [6.07, 6.45) is 1.62. The first kappa shape index (κ1) is 23.2. The minimum atomic E-state index is -0.492. The van der Waals surface area contributed by atoms with E-state index in [1.165, 1.54) is 19.2 Å². The smallest absolute Gasteiger partial charge is 0.329 e. The van der Waals surface area contributed by atoms with Crippen molar-refractivity contribution in [1.29, 1.82) is 0 Å². The lowest BCUT2D eigenvalue weighted by Crippen LogP contribution is -2.30. The van der Waals surface area contributed by atoms with E-state index in [9.17, 15) is 19.7 Å². The third-order valence-electron chi connectivity index (χ3n) is 5.60. The summed E-state index contributed by atoms with van der Waals surface area (Å²) in [5.74, 6) is 0.0446. The first-order chi connectivity index (χ1) is 16.2. The van der Waals surface area contributed by atoms with Crippen LogP contribution in [-0.2, 0) is 11.3 Å². The second-order valence-corrected chi connectivity index (χ2v) is 8.70. The number of amides is 3. The molecule has 1 N–H and O–H groups in total. The number of nitro benzene ring substituents is 1. The molecule has 0 spiro atoms. The van der Waals surface area contributed by atoms with Gasteiger partial charge in [0.2, 0.25) is 0 Å². The Morgan fingerprint density at radius 3 is 2.47 bits per heavy atom. The van der Waals surface area contributed by atoms with E-state index >= 15 is 0 Å². The van der Waals surface area contributed by atoms with Crippen LogP contribution in [0.3, 0.4) is 0 Å². The van der Waals surface area contributed by atoms with E-state index < -0.39 is 16.9 Å². The number of ether oxygens (including phenoxy) is 1. The molecular formula is C24H21BrN4O5. The summed E-state index contributed by atoms with van der Waals surface area (Å²) in [5.41, 5.74) is 3.64. The van der Waals surface area contributed by atoms with Crippen molar-refractivity contribution in [2.24, 2.45) is 0 Å². The van der Waals surface area contributed by atoms with E-state index in [0.717, 1.165) is 26.3 Å². The van der Waals surface area contributed by atoms with E-state index in [-0.39, 0.29) is 17.9 Å². The van der Waals surface area contributed by atoms with Crippen molar-refractivity contribution in [3.05, 3.63) is 91.3 Å². The van der Waals surface area contributed by atoms with Gasteiger partial charge in [-0.3, -0.25) is 19.8 Å². The number of imide groups is 1. The van der Waals surface area contributed by atoms with Gasteiger partial charge < -0.3 is 14.6 Å². The monoisotopic (exact) mass is 524 g/mol. The highest BCUT2D eigenvalue weighted by Crippen LogP contribution is 2.32. The molecule has 1 saturated heterocycles. The van der Waals surface area contributed by atoms with Gasteiger partial charge in [0.15, 0.2) is 0 Å². The lowest BCUT2D eigenvalue weighted by Gasteiger charge is -2.14. The normalized spacial score (nSPS) is 14.6. The molecular weight excluding hydrogens is 504 g/mol. The second kappa shape index (κ2) is 9.14. The fourth-order valence-electron chi connectivity index (χ4n) is 3.91. The number of non-ortho nitro benzene ring substituents is 1. The van der Waals surface area contributed by atoms with Gasteiger partial charge in [-0.05, 0) is 55.3 Å². The largest absolute Gasteiger partial charge is 0.495 e. The molecule has 2 heterocycles. The molecule has 0 radical (unpaired) electrons. The lowest BCUT2D eigenvalue weighted by atomic mass is 10.2. The van der Waals surface area contributed by atoms with E-state index in [1.807, 2.05) is 48.7 Å². The number of urea groups is 1. The molecule has 2 aromatic carbocycles. The molecule has 3 amide bonds. The van der Waals surface area contributed by atoms with Gasteiger partial charge in [0, 0.05) is 28.0 Å².